The molecule has 0 amide bonds. The second kappa shape index (κ2) is 9.41. The summed E-state index contributed by atoms with van der Waals surface area (Å²) < 4.78 is 20.7. The molecule has 4 atom stereocenters. The van der Waals surface area contributed by atoms with Crippen LogP contribution in [0.5, 0.6) is 5.75 Å². The number of rotatable bonds is 9. The summed E-state index contributed by atoms with van der Waals surface area (Å²) >= 11 is 0. The van der Waals surface area contributed by atoms with Gasteiger partial charge in [-0.15, -0.1) is 0 Å². The first-order valence-corrected chi connectivity index (χ1v) is 8.74. The van der Waals surface area contributed by atoms with Crippen molar-refractivity contribution in [2.24, 2.45) is 11.0 Å². The first-order valence-electron chi connectivity index (χ1n) is 8.74. The average molecular weight is 393 g/mol. The number of benzene rings is 1. The molecule has 1 aromatic carbocycles. The largest absolute Gasteiger partial charge is 0.497 e. The van der Waals surface area contributed by atoms with Crippen LogP contribution in [-0.4, -0.2) is 55.1 Å². The van der Waals surface area contributed by atoms with E-state index in [1.165, 1.54) is 6.92 Å². The van der Waals surface area contributed by atoms with Gasteiger partial charge in [-0.3, -0.25) is 0 Å². The third-order valence-electron chi connectivity index (χ3n) is 4.51. The molecule has 28 heavy (non-hydrogen) atoms. The monoisotopic (exact) mass is 393 g/mol. The Balaban J connectivity index is 2.17. The highest BCUT2D eigenvalue weighted by atomic mass is 16.6. The smallest absolute Gasteiger partial charge is 0.350 e. The van der Waals surface area contributed by atoms with Gasteiger partial charge in [0, 0.05) is 4.91 Å². The van der Waals surface area contributed by atoms with E-state index < -0.39 is 35.6 Å². The molecule has 10 heteroatoms. The fourth-order valence-electron chi connectivity index (χ4n) is 2.98. The van der Waals surface area contributed by atoms with Crippen LogP contribution >= 0.6 is 0 Å². The van der Waals surface area contributed by atoms with Crippen LogP contribution in [0, 0.1) is 5.92 Å². The Hall–Kier alpha value is -2.81. The number of azide groups is 1. The molecule has 0 aliphatic carbocycles. The van der Waals surface area contributed by atoms with Crippen molar-refractivity contribution in [3.05, 3.63) is 40.3 Å². The molecule has 1 aromatic rings. The third-order valence-corrected chi connectivity index (χ3v) is 4.51. The Morgan fingerprint density at radius 3 is 2.68 bits per heavy atom. The highest BCUT2D eigenvalue weighted by Gasteiger charge is 2.63. The van der Waals surface area contributed by atoms with Crippen molar-refractivity contribution in [2.45, 2.75) is 38.2 Å². The zero-order chi connectivity index (χ0) is 20.7. The molecular formula is C18H23N3O7. The maximum absolute atomic E-state index is 12.3. The van der Waals surface area contributed by atoms with Crippen LogP contribution in [0.3, 0.4) is 0 Å². The van der Waals surface area contributed by atoms with E-state index in [0.29, 0.717) is 5.75 Å². The minimum atomic E-state index is -2.53. The van der Waals surface area contributed by atoms with Gasteiger partial charge in [-0.25, -0.2) is 9.59 Å². The summed E-state index contributed by atoms with van der Waals surface area (Å²) in [7, 11) is 1.56. The van der Waals surface area contributed by atoms with E-state index in [-0.39, 0.29) is 19.8 Å². The van der Waals surface area contributed by atoms with E-state index in [9.17, 15) is 14.7 Å². The fraction of sp³-hybridized carbons (Fsp3) is 0.556. The van der Waals surface area contributed by atoms with E-state index >= 15 is 0 Å². The van der Waals surface area contributed by atoms with Gasteiger partial charge in [-0.1, -0.05) is 24.2 Å². The maximum atomic E-state index is 12.3. The molecule has 0 radical (unpaired) electrons. The predicted octanol–water partition coefficient (Wildman–Crippen LogP) is 1.75. The van der Waals surface area contributed by atoms with Crippen LogP contribution in [-0.2, 0) is 30.4 Å². The number of carbonyl (C=O) groups is 2. The highest BCUT2D eigenvalue weighted by Crippen LogP contribution is 2.36. The number of aliphatic hydroxyl groups is 1. The van der Waals surface area contributed by atoms with E-state index in [2.05, 4.69) is 10.0 Å². The van der Waals surface area contributed by atoms with Crippen LogP contribution in [0.1, 0.15) is 19.4 Å². The van der Waals surface area contributed by atoms with Crippen molar-refractivity contribution in [1.29, 1.82) is 0 Å². The van der Waals surface area contributed by atoms with Crippen molar-refractivity contribution >= 4 is 11.9 Å². The van der Waals surface area contributed by atoms with E-state index in [1.54, 1.807) is 38.3 Å². The lowest BCUT2D eigenvalue weighted by Gasteiger charge is -2.27. The zero-order valence-electron chi connectivity index (χ0n) is 15.9. The summed E-state index contributed by atoms with van der Waals surface area (Å²) in [6, 6.07) is 6.32. The number of nitrogens with zero attached hydrogens (tertiary/aromatic N) is 3. The molecule has 0 aromatic heterocycles. The van der Waals surface area contributed by atoms with E-state index in [4.69, 9.17) is 24.5 Å². The van der Waals surface area contributed by atoms with Crippen molar-refractivity contribution in [1.82, 2.24) is 0 Å². The van der Waals surface area contributed by atoms with Crippen LogP contribution in [0.4, 0.5) is 0 Å². The number of cyclic esters (lactones) is 1. The molecule has 1 fully saturated rings. The molecule has 1 N–H and O–H groups in total. The molecule has 1 aliphatic heterocycles. The van der Waals surface area contributed by atoms with Crippen LogP contribution in [0.2, 0.25) is 0 Å². The molecule has 0 bridgehead atoms. The molecule has 10 nitrogen and oxygen atoms in total. The first kappa shape index (κ1) is 21.5. The molecule has 1 saturated heterocycles. The van der Waals surface area contributed by atoms with Crippen LogP contribution < -0.4 is 4.74 Å². The van der Waals surface area contributed by atoms with Gasteiger partial charge in [0.15, 0.2) is 0 Å². The first-order chi connectivity index (χ1) is 13.4. The summed E-state index contributed by atoms with van der Waals surface area (Å²) in [6.07, 6.45) is -1.03. The second-order valence-electron chi connectivity index (χ2n) is 6.27. The number of ether oxygens (including phenoxy) is 4. The molecule has 1 aliphatic rings. The van der Waals surface area contributed by atoms with Crippen molar-refractivity contribution in [2.75, 3.05) is 20.3 Å². The Morgan fingerprint density at radius 1 is 1.43 bits per heavy atom. The van der Waals surface area contributed by atoms with Gasteiger partial charge in [0.2, 0.25) is 0 Å². The van der Waals surface area contributed by atoms with Gasteiger partial charge >= 0.3 is 11.9 Å². The van der Waals surface area contributed by atoms with Gasteiger partial charge in [0.1, 0.15) is 11.9 Å². The topological polar surface area (TPSA) is 140 Å². The summed E-state index contributed by atoms with van der Waals surface area (Å²) in [5.74, 6) is -2.67. The molecular weight excluding hydrogens is 370 g/mol. The van der Waals surface area contributed by atoms with Gasteiger partial charge in [-0.05, 0) is 30.2 Å². The third kappa shape index (κ3) is 4.36. The molecule has 0 spiro atoms. The summed E-state index contributed by atoms with van der Waals surface area (Å²) in [6.45, 7) is 3.02. The minimum absolute atomic E-state index is 0.0234. The zero-order valence-corrected chi connectivity index (χ0v) is 15.9. The standard InChI is InChI=1S/C18H23N3O7/c1-4-27-16(22)18(24)14(15(28-17(18)23)11(2)20-21-19)10-26-9-12-5-7-13(25-3)8-6-12/h5-8,11,14-15,24H,4,9-10H2,1-3H3/t11-,14+,15+,18+/m1/s1. The van der Waals surface area contributed by atoms with Crippen LogP contribution in [0.25, 0.3) is 10.4 Å². The number of hydrogen-bond donors (Lipinski definition) is 1. The Kier molecular flexibility index (Phi) is 7.22. The van der Waals surface area contributed by atoms with Gasteiger partial charge < -0.3 is 24.1 Å². The number of methoxy groups -OCH3 is 1. The quantitative estimate of drug-likeness (QED) is 0.221. The summed E-state index contributed by atoms with van der Waals surface area (Å²) in [5.41, 5.74) is 6.96. The van der Waals surface area contributed by atoms with Gasteiger partial charge in [0.05, 0.1) is 38.9 Å². The Bertz CT molecular complexity index is 748. The second-order valence-corrected chi connectivity index (χ2v) is 6.27. The number of hydrogen-bond acceptors (Lipinski definition) is 8. The molecule has 1 heterocycles. The van der Waals surface area contributed by atoms with Gasteiger partial charge in [0.25, 0.3) is 5.60 Å². The average Bonchev–Trinajstić information content (AvgIpc) is 2.95. The lowest BCUT2D eigenvalue weighted by Crippen LogP contribution is -2.53. The number of esters is 2. The lowest BCUT2D eigenvalue weighted by atomic mass is 9.84. The van der Waals surface area contributed by atoms with E-state index in [0.717, 1.165) is 5.56 Å². The van der Waals surface area contributed by atoms with Crippen molar-refractivity contribution < 1.29 is 33.6 Å². The van der Waals surface area contributed by atoms with Crippen molar-refractivity contribution in [3.63, 3.8) is 0 Å². The minimum Gasteiger partial charge on any atom is -0.497 e. The molecule has 152 valence electrons. The normalized spacial score (nSPS) is 24.8. The van der Waals surface area contributed by atoms with Crippen molar-refractivity contribution in [3.8, 4) is 5.75 Å². The fourth-order valence-corrected chi connectivity index (χ4v) is 2.98. The molecule has 2 rings (SSSR count). The predicted molar refractivity (Wildman–Crippen MR) is 96.2 cm³/mol. The Morgan fingerprint density at radius 2 is 2.11 bits per heavy atom. The summed E-state index contributed by atoms with van der Waals surface area (Å²) in [5, 5.41) is 14.3. The summed E-state index contributed by atoms with van der Waals surface area (Å²) in [4.78, 5) is 27.2. The molecule has 0 unspecified atom stereocenters. The maximum Gasteiger partial charge on any atom is 0.350 e. The van der Waals surface area contributed by atoms with E-state index in [1.807, 2.05) is 0 Å². The highest BCUT2D eigenvalue weighted by molar-refractivity contribution is 6.05. The lowest BCUT2D eigenvalue weighted by molar-refractivity contribution is -0.178. The SMILES string of the molecule is CCOC(=O)[C@]1(O)C(=O)O[C@@H]([C@@H](C)N=[N+]=[N-])[C@@H]1COCc1ccc(OC)cc1. The number of carbonyl (C=O) groups excluding carboxylic acids is 2. The Labute approximate surface area is 162 Å². The van der Waals surface area contributed by atoms with Gasteiger partial charge in [-0.2, -0.15) is 0 Å². The molecule has 0 saturated carbocycles. The van der Waals surface area contributed by atoms with Crippen LogP contribution in [0.15, 0.2) is 29.4 Å².